The molecule has 9 heteroatoms. The predicted octanol–water partition coefficient (Wildman–Crippen LogP) is 5.24. The molecule has 2 rings (SSSR count). The topological polar surface area (TPSA) is 130 Å². The van der Waals surface area contributed by atoms with E-state index in [1.807, 2.05) is 32.0 Å². The Morgan fingerprint density at radius 2 is 1.70 bits per heavy atom. The molecule has 0 aromatic heterocycles. The van der Waals surface area contributed by atoms with E-state index in [0.29, 0.717) is 37.1 Å². The van der Waals surface area contributed by atoms with Gasteiger partial charge in [0.1, 0.15) is 0 Å². The summed E-state index contributed by atoms with van der Waals surface area (Å²) in [7, 11) is 4.72. The minimum Gasteiger partial charge on any atom is -0.493 e. The normalized spacial score (nSPS) is 20.2. The van der Waals surface area contributed by atoms with Crippen LogP contribution < -0.4 is 15.2 Å². The van der Waals surface area contributed by atoms with Gasteiger partial charge in [0.2, 0.25) is 5.91 Å². The highest BCUT2D eigenvalue weighted by atomic mass is 16.5. The number of benzene rings is 1. The Morgan fingerprint density at radius 3 is 2.28 bits per heavy atom. The molecular weight excluding hydrogens is 548 g/mol. The molecule has 0 saturated heterocycles. The van der Waals surface area contributed by atoms with Crippen LogP contribution in [0.1, 0.15) is 78.2 Å². The predicted molar refractivity (Wildman–Crippen MR) is 170 cm³/mol. The van der Waals surface area contributed by atoms with Crippen molar-refractivity contribution < 1.29 is 33.6 Å². The molecule has 1 aliphatic rings. The van der Waals surface area contributed by atoms with Crippen LogP contribution in [0.2, 0.25) is 0 Å². The second-order valence-corrected chi connectivity index (χ2v) is 12.7. The molecule has 1 aliphatic carbocycles. The molecule has 1 aromatic rings. The fourth-order valence-electron chi connectivity index (χ4n) is 5.79. The van der Waals surface area contributed by atoms with E-state index in [2.05, 4.69) is 18.8 Å². The number of aliphatic hydroxyl groups is 1. The van der Waals surface area contributed by atoms with Gasteiger partial charge in [-0.25, -0.2) is 4.99 Å². The number of aliphatic hydroxyl groups excluding tert-OH is 1. The minimum absolute atomic E-state index is 0.0177. The number of hydrogen-bond acceptors (Lipinski definition) is 8. The number of nitrogens with zero attached hydrogens (tertiary/aromatic N) is 1. The number of hydrogen-bond donors (Lipinski definition) is 2. The summed E-state index contributed by atoms with van der Waals surface area (Å²) in [4.78, 5) is 29.2. The minimum atomic E-state index is -0.821. The summed E-state index contributed by atoms with van der Waals surface area (Å²) in [5, 5.41) is 11.1. The molecule has 43 heavy (non-hydrogen) atoms. The highest BCUT2D eigenvalue weighted by Gasteiger charge is 2.30. The third-order valence-electron chi connectivity index (χ3n) is 8.82. The van der Waals surface area contributed by atoms with Crippen molar-refractivity contribution in [3.8, 4) is 11.5 Å². The van der Waals surface area contributed by atoms with Crippen LogP contribution in [0.15, 0.2) is 23.2 Å². The van der Waals surface area contributed by atoms with Crippen LogP contribution in [0, 0.1) is 35.5 Å². The van der Waals surface area contributed by atoms with Gasteiger partial charge in [0.25, 0.3) is 0 Å². The number of carbonyl (C=O) groups is 2. The van der Waals surface area contributed by atoms with Crippen LogP contribution in [0.25, 0.3) is 0 Å². The molecule has 9 nitrogen and oxygen atoms in total. The highest BCUT2D eigenvalue weighted by molar-refractivity contribution is 5.87. The lowest BCUT2D eigenvalue weighted by atomic mass is 9.80. The third-order valence-corrected chi connectivity index (χ3v) is 8.82. The monoisotopic (exact) mass is 604 g/mol. The van der Waals surface area contributed by atoms with E-state index in [1.54, 1.807) is 20.4 Å². The Morgan fingerprint density at radius 1 is 1.00 bits per heavy atom. The number of nitrogens with two attached hydrogens (primary N) is 1. The van der Waals surface area contributed by atoms with Crippen LogP contribution in [0.5, 0.6) is 11.5 Å². The molecule has 0 heterocycles. The average Bonchev–Trinajstić information content (AvgIpc) is 2.99. The zero-order valence-electron chi connectivity index (χ0n) is 27.4. The van der Waals surface area contributed by atoms with Crippen molar-refractivity contribution in [3.63, 3.8) is 0 Å². The summed E-state index contributed by atoms with van der Waals surface area (Å²) in [6.07, 6.45) is 6.50. The number of amides is 1. The van der Waals surface area contributed by atoms with Crippen molar-refractivity contribution in [1.82, 2.24) is 0 Å². The Bertz CT molecular complexity index is 1000. The molecule has 3 N–H and O–H groups in total. The van der Waals surface area contributed by atoms with E-state index in [0.717, 1.165) is 44.1 Å². The van der Waals surface area contributed by atoms with Crippen molar-refractivity contribution in [2.45, 2.75) is 91.2 Å². The average molecular weight is 605 g/mol. The van der Waals surface area contributed by atoms with Gasteiger partial charge in [-0.1, -0.05) is 33.8 Å². The second kappa shape index (κ2) is 19.0. The molecule has 4 atom stereocenters. The largest absolute Gasteiger partial charge is 0.493 e. The summed E-state index contributed by atoms with van der Waals surface area (Å²) < 4.78 is 21.4. The van der Waals surface area contributed by atoms with E-state index in [-0.39, 0.29) is 42.0 Å². The summed E-state index contributed by atoms with van der Waals surface area (Å²) in [5.74, 6) is 1.30. The standard InChI is InChI=1S/C34H56N2O7/c1-22(2)27(17-25-11-14-31(41-6)32(18-25)43-16-8-15-40-5)19-29(35)30(37)20-28(23(3)4)33(38)36-21-24-9-12-26(13-10-24)34(39)42-7/h11,14,18,21-24,26-30,37H,8-10,12-13,15-17,19-20,35H2,1-7H3/t24?,26?,27-,28-,29-,30-/m0/s1. The molecule has 0 bridgehead atoms. The van der Waals surface area contributed by atoms with E-state index in [4.69, 9.17) is 24.7 Å². The maximum absolute atomic E-state index is 13.1. The molecule has 1 aromatic carbocycles. The number of carbonyl (C=O) groups excluding carboxylic acids is 2. The van der Waals surface area contributed by atoms with Crippen LogP contribution in [0.3, 0.4) is 0 Å². The van der Waals surface area contributed by atoms with Crippen molar-refractivity contribution in [2.24, 2.45) is 46.2 Å². The summed E-state index contributed by atoms with van der Waals surface area (Å²) >= 11 is 0. The van der Waals surface area contributed by atoms with Crippen LogP contribution >= 0.6 is 0 Å². The zero-order chi connectivity index (χ0) is 31.9. The molecule has 1 amide bonds. The van der Waals surface area contributed by atoms with Gasteiger partial charge in [-0.15, -0.1) is 0 Å². The SMILES string of the molecule is COCCCOc1cc(C[C@@H](C[C@H](N)[C@@H](O)C[C@H](C(=O)N=CC2CCC(C(=O)OC)CC2)C(C)C)C(C)C)ccc1OC. The van der Waals surface area contributed by atoms with Crippen LogP contribution in [-0.4, -0.2) is 69.9 Å². The van der Waals surface area contributed by atoms with Crippen molar-refractivity contribution in [3.05, 3.63) is 23.8 Å². The molecular formula is C34H56N2O7. The lowest BCUT2D eigenvalue weighted by Gasteiger charge is -2.29. The fourth-order valence-corrected chi connectivity index (χ4v) is 5.79. The summed E-state index contributed by atoms with van der Waals surface area (Å²) in [6, 6.07) is 5.53. The summed E-state index contributed by atoms with van der Waals surface area (Å²) in [5.41, 5.74) is 7.69. The first-order valence-electron chi connectivity index (χ1n) is 15.9. The molecule has 244 valence electrons. The Labute approximate surface area is 258 Å². The smallest absolute Gasteiger partial charge is 0.308 e. The van der Waals surface area contributed by atoms with E-state index in [9.17, 15) is 14.7 Å². The lowest BCUT2D eigenvalue weighted by Crippen LogP contribution is -2.40. The first kappa shape index (κ1) is 36.7. The number of methoxy groups -OCH3 is 3. The number of esters is 1. The lowest BCUT2D eigenvalue weighted by molar-refractivity contribution is -0.146. The molecule has 0 spiro atoms. The van der Waals surface area contributed by atoms with E-state index < -0.39 is 18.1 Å². The molecule has 1 saturated carbocycles. The van der Waals surface area contributed by atoms with Gasteiger partial charge in [0.15, 0.2) is 11.5 Å². The van der Waals surface area contributed by atoms with E-state index in [1.165, 1.54) is 7.11 Å². The number of ether oxygens (including phenoxy) is 4. The molecule has 0 unspecified atom stereocenters. The highest BCUT2D eigenvalue weighted by Crippen LogP contribution is 2.32. The van der Waals surface area contributed by atoms with Gasteiger partial charge in [-0.3, -0.25) is 9.59 Å². The second-order valence-electron chi connectivity index (χ2n) is 12.7. The third kappa shape index (κ3) is 12.2. The maximum atomic E-state index is 13.1. The Kier molecular flexibility index (Phi) is 16.2. The van der Waals surface area contributed by atoms with Gasteiger partial charge in [0, 0.05) is 38.3 Å². The number of aliphatic imine (C=N–C) groups is 1. The fraction of sp³-hybridized carbons (Fsp3) is 0.735. The first-order valence-corrected chi connectivity index (χ1v) is 15.9. The van der Waals surface area contributed by atoms with Gasteiger partial charge in [-0.2, -0.15) is 0 Å². The number of rotatable bonds is 18. The quantitative estimate of drug-likeness (QED) is 0.132. The molecule has 0 aliphatic heterocycles. The van der Waals surface area contributed by atoms with Gasteiger partial charge in [0.05, 0.1) is 32.8 Å². The van der Waals surface area contributed by atoms with Crippen LogP contribution in [-0.2, 0) is 25.5 Å². The zero-order valence-corrected chi connectivity index (χ0v) is 27.4. The van der Waals surface area contributed by atoms with Crippen LogP contribution in [0.4, 0.5) is 0 Å². The Hall–Kier alpha value is -2.49. The van der Waals surface area contributed by atoms with E-state index >= 15 is 0 Å². The van der Waals surface area contributed by atoms with Gasteiger partial charge < -0.3 is 29.8 Å². The van der Waals surface area contributed by atoms with Gasteiger partial charge in [-0.05, 0) is 86.3 Å². The van der Waals surface area contributed by atoms with Crippen molar-refractivity contribution in [1.29, 1.82) is 0 Å². The maximum Gasteiger partial charge on any atom is 0.308 e. The first-order chi connectivity index (χ1) is 20.5. The van der Waals surface area contributed by atoms with Gasteiger partial charge >= 0.3 is 5.97 Å². The van der Waals surface area contributed by atoms with Crippen molar-refractivity contribution >= 4 is 18.1 Å². The summed E-state index contributed by atoms with van der Waals surface area (Å²) in [6.45, 7) is 9.47. The molecule has 0 radical (unpaired) electrons. The van der Waals surface area contributed by atoms with Crippen molar-refractivity contribution in [2.75, 3.05) is 34.5 Å². The Balaban J connectivity index is 1.98. The molecule has 1 fully saturated rings.